The molecule has 0 radical (unpaired) electrons. The third kappa shape index (κ3) is 5.06. The molecule has 2 fully saturated rings. The molecule has 3 heterocycles. The second-order valence-electron chi connectivity index (χ2n) is 6.38. The maximum absolute atomic E-state index is 5.46. The number of ether oxygens (including phenoxy) is 1. The van der Waals surface area contributed by atoms with Crippen LogP contribution in [0.15, 0.2) is 22.5 Å². The Kier molecular flexibility index (Phi) is 8.25. The standard InChI is InChI=1S/C17H28N4OS.HI/c1-14(16-4-3-11-23-16)12-19-17(18-2)21-6-5-15(13-21)20-7-9-22-10-8-20;/h3-4,11,14-15H,5-10,12-13H2,1-2H3,(H,18,19);1H. The highest BCUT2D eigenvalue weighted by atomic mass is 127. The summed E-state index contributed by atoms with van der Waals surface area (Å²) in [7, 11) is 1.89. The van der Waals surface area contributed by atoms with Gasteiger partial charge in [0, 0.05) is 56.6 Å². The van der Waals surface area contributed by atoms with Crippen molar-refractivity contribution < 1.29 is 4.74 Å². The van der Waals surface area contributed by atoms with Crippen molar-refractivity contribution in [2.24, 2.45) is 4.99 Å². The summed E-state index contributed by atoms with van der Waals surface area (Å²) in [6, 6.07) is 4.98. The zero-order valence-corrected chi connectivity index (χ0v) is 17.8. The molecular formula is C17H29IN4OS. The maximum atomic E-state index is 5.46. The predicted molar refractivity (Wildman–Crippen MR) is 112 cm³/mol. The van der Waals surface area contributed by atoms with Gasteiger partial charge in [-0.1, -0.05) is 13.0 Å². The molecular weight excluding hydrogens is 435 g/mol. The van der Waals surface area contributed by atoms with Crippen LogP contribution in [0.25, 0.3) is 0 Å². The summed E-state index contributed by atoms with van der Waals surface area (Å²) in [5.41, 5.74) is 0. The molecule has 2 saturated heterocycles. The lowest BCUT2D eigenvalue weighted by atomic mass is 10.1. The fourth-order valence-electron chi connectivity index (χ4n) is 3.42. The molecule has 0 spiro atoms. The Morgan fingerprint density at radius 3 is 2.88 bits per heavy atom. The normalized spacial score (nSPS) is 23.8. The lowest BCUT2D eigenvalue weighted by Crippen LogP contribution is -2.47. The third-order valence-corrected chi connectivity index (χ3v) is 5.94. The molecule has 24 heavy (non-hydrogen) atoms. The van der Waals surface area contributed by atoms with Crippen molar-refractivity contribution in [1.82, 2.24) is 15.1 Å². The largest absolute Gasteiger partial charge is 0.379 e. The molecule has 136 valence electrons. The van der Waals surface area contributed by atoms with Crippen LogP contribution in [0.5, 0.6) is 0 Å². The molecule has 0 aliphatic carbocycles. The van der Waals surface area contributed by atoms with Gasteiger partial charge in [0.15, 0.2) is 5.96 Å². The van der Waals surface area contributed by atoms with Crippen LogP contribution in [-0.2, 0) is 4.74 Å². The van der Waals surface area contributed by atoms with E-state index in [4.69, 9.17) is 4.74 Å². The Balaban J connectivity index is 0.00000208. The Bertz CT molecular complexity index is 505. The van der Waals surface area contributed by atoms with Crippen molar-refractivity contribution >= 4 is 41.3 Å². The summed E-state index contributed by atoms with van der Waals surface area (Å²) in [6.07, 6.45) is 1.22. The van der Waals surface area contributed by atoms with E-state index in [1.807, 2.05) is 18.4 Å². The summed E-state index contributed by atoms with van der Waals surface area (Å²) in [6.45, 7) is 9.27. The van der Waals surface area contributed by atoms with Crippen molar-refractivity contribution in [2.75, 3.05) is 53.0 Å². The maximum Gasteiger partial charge on any atom is 0.193 e. The van der Waals surface area contributed by atoms with Crippen LogP contribution < -0.4 is 5.32 Å². The highest BCUT2D eigenvalue weighted by Crippen LogP contribution is 2.20. The molecule has 2 aliphatic rings. The van der Waals surface area contributed by atoms with Gasteiger partial charge in [0.25, 0.3) is 0 Å². The van der Waals surface area contributed by atoms with Gasteiger partial charge in [-0.2, -0.15) is 0 Å². The van der Waals surface area contributed by atoms with Crippen LogP contribution in [0.1, 0.15) is 24.1 Å². The van der Waals surface area contributed by atoms with E-state index in [2.05, 4.69) is 44.5 Å². The third-order valence-electron chi connectivity index (χ3n) is 4.83. The first kappa shape index (κ1) is 19.9. The molecule has 1 aromatic heterocycles. The average Bonchev–Trinajstić information content (AvgIpc) is 3.28. The fraction of sp³-hybridized carbons (Fsp3) is 0.706. The minimum Gasteiger partial charge on any atom is -0.379 e. The van der Waals surface area contributed by atoms with E-state index in [9.17, 15) is 0 Å². The first-order chi connectivity index (χ1) is 11.3. The molecule has 2 unspecified atom stereocenters. The molecule has 0 amide bonds. The van der Waals surface area contributed by atoms with Crippen molar-refractivity contribution in [3.05, 3.63) is 22.4 Å². The molecule has 7 heteroatoms. The number of nitrogens with zero attached hydrogens (tertiary/aromatic N) is 3. The molecule has 0 bridgehead atoms. The van der Waals surface area contributed by atoms with Crippen molar-refractivity contribution in [2.45, 2.75) is 25.3 Å². The zero-order valence-electron chi connectivity index (χ0n) is 14.6. The van der Waals surface area contributed by atoms with Crippen molar-refractivity contribution in [3.8, 4) is 0 Å². The number of guanidine groups is 1. The minimum absolute atomic E-state index is 0. The smallest absolute Gasteiger partial charge is 0.193 e. The molecule has 0 saturated carbocycles. The van der Waals surface area contributed by atoms with E-state index in [-0.39, 0.29) is 24.0 Å². The minimum atomic E-state index is 0. The van der Waals surface area contributed by atoms with Gasteiger partial charge in [-0.3, -0.25) is 9.89 Å². The van der Waals surface area contributed by atoms with E-state index in [1.54, 1.807) is 0 Å². The highest BCUT2D eigenvalue weighted by molar-refractivity contribution is 14.0. The Labute approximate surface area is 166 Å². The van der Waals surface area contributed by atoms with Crippen LogP contribution >= 0.6 is 35.3 Å². The fourth-order valence-corrected chi connectivity index (χ4v) is 4.21. The number of hydrogen-bond acceptors (Lipinski definition) is 4. The van der Waals surface area contributed by atoms with Gasteiger partial charge in [-0.25, -0.2) is 0 Å². The highest BCUT2D eigenvalue weighted by Gasteiger charge is 2.30. The van der Waals surface area contributed by atoms with E-state index in [0.29, 0.717) is 12.0 Å². The number of rotatable bonds is 4. The lowest BCUT2D eigenvalue weighted by molar-refractivity contribution is 0.0195. The zero-order chi connectivity index (χ0) is 16.1. The quantitative estimate of drug-likeness (QED) is 0.422. The SMILES string of the molecule is CN=C(NCC(C)c1cccs1)N1CCC(N2CCOCC2)C1.I. The molecule has 2 aliphatic heterocycles. The van der Waals surface area contributed by atoms with Gasteiger partial charge in [0.05, 0.1) is 13.2 Å². The van der Waals surface area contributed by atoms with Gasteiger partial charge in [0.1, 0.15) is 0 Å². The Morgan fingerprint density at radius 2 is 2.21 bits per heavy atom. The summed E-state index contributed by atoms with van der Waals surface area (Å²) >= 11 is 1.83. The van der Waals surface area contributed by atoms with Gasteiger partial charge < -0.3 is 15.0 Å². The van der Waals surface area contributed by atoms with Crippen LogP contribution in [-0.4, -0.2) is 74.8 Å². The topological polar surface area (TPSA) is 40.1 Å². The lowest BCUT2D eigenvalue weighted by Gasteiger charge is -2.32. The first-order valence-corrected chi connectivity index (χ1v) is 9.46. The van der Waals surface area contributed by atoms with Gasteiger partial charge in [-0.05, 0) is 17.9 Å². The first-order valence-electron chi connectivity index (χ1n) is 8.58. The predicted octanol–water partition coefficient (Wildman–Crippen LogP) is 2.45. The van der Waals surface area contributed by atoms with Crippen LogP contribution in [0.4, 0.5) is 0 Å². The van der Waals surface area contributed by atoms with Gasteiger partial charge in [0.2, 0.25) is 0 Å². The summed E-state index contributed by atoms with van der Waals surface area (Å²) < 4.78 is 5.46. The summed E-state index contributed by atoms with van der Waals surface area (Å²) in [5.74, 6) is 1.56. The van der Waals surface area contributed by atoms with E-state index >= 15 is 0 Å². The number of morpholine rings is 1. The molecule has 1 N–H and O–H groups in total. The monoisotopic (exact) mass is 464 g/mol. The van der Waals surface area contributed by atoms with Crippen LogP contribution in [0.2, 0.25) is 0 Å². The van der Waals surface area contributed by atoms with Crippen LogP contribution in [0.3, 0.4) is 0 Å². The number of hydrogen-bond donors (Lipinski definition) is 1. The number of thiophene rings is 1. The van der Waals surface area contributed by atoms with E-state index in [1.165, 1.54) is 11.3 Å². The van der Waals surface area contributed by atoms with Crippen LogP contribution in [0, 0.1) is 0 Å². The summed E-state index contributed by atoms with van der Waals surface area (Å²) in [5, 5.41) is 5.71. The second-order valence-corrected chi connectivity index (χ2v) is 7.36. The summed E-state index contributed by atoms with van der Waals surface area (Å²) in [4.78, 5) is 10.9. The number of nitrogens with one attached hydrogen (secondary N) is 1. The molecule has 0 aromatic carbocycles. The molecule has 5 nitrogen and oxygen atoms in total. The molecule has 3 rings (SSSR count). The number of aliphatic imine (C=N–C) groups is 1. The van der Waals surface area contributed by atoms with Crippen molar-refractivity contribution in [3.63, 3.8) is 0 Å². The van der Waals surface area contributed by atoms with E-state index in [0.717, 1.165) is 51.9 Å². The van der Waals surface area contributed by atoms with E-state index < -0.39 is 0 Å². The van der Waals surface area contributed by atoms with Gasteiger partial charge >= 0.3 is 0 Å². The number of likely N-dealkylation sites (tertiary alicyclic amines) is 1. The second kappa shape index (κ2) is 9.94. The Morgan fingerprint density at radius 1 is 1.42 bits per heavy atom. The Hall–Kier alpha value is -0.380. The average molecular weight is 464 g/mol. The van der Waals surface area contributed by atoms with Gasteiger partial charge in [-0.15, -0.1) is 35.3 Å². The molecule has 2 atom stereocenters. The molecule has 1 aromatic rings. The number of halogens is 1. The van der Waals surface area contributed by atoms with Crippen molar-refractivity contribution in [1.29, 1.82) is 0 Å².